The van der Waals surface area contributed by atoms with E-state index in [9.17, 15) is 9.59 Å². The van der Waals surface area contributed by atoms with Gasteiger partial charge in [-0.25, -0.2) is 0 Å². The van der Waals surface area contributed by atoms with Gasteiger partial charge in [-0.05, 0) is 36.3 Å². The van der Waals surface area contributed by atoms with Gasteiger partial charge < -0.3 is 4.98 Å². The Morgan fingerprint density at radius 2 is 1.57 bits per heavy atom. The molecule has 3 aromatic carbocycles. The molecule has 0 amide bonds. The molecule has 0 aliphatic rings. The van der Waals surface area contributed by atoms with Crippen LogP contribution in [-0.4, -0.2) is 10.8 Å². The number of allylic oxidation sites excluding steroid dienone is 1. The largest absolute Gasteiger partial charge is 0.321 e. The van der Waals surface area contributed by atoms with E-state index < -0.39 is 0 Å². The number of fused-ring (bicyclic) bond motifs is 1. The van der Waals surface area contributed by atoms with Crippen LogP contribution in [0.25, 0.3) is 28.1 Å². The summed E-state index contributed by atoms with van der Waals surface area (Å²) in [5.41, 5.74) is 4.00. The SMILES string of the molecule is Cc1ccc2[nH]c(=O)c(C(=O)/C=C/c3ccccc3)c(-c3ccccc3)c2c1. The fourth-order valence-electron chi connectivity index (χ4n) is 3.37. The molecule has 136 valence electrons. The van der Waals surface area contributed by atoms with Crippen LogP contribution in [0, 0.1) is 6.92 Å². The third-order valence-corrected chi connectivity index (χ3v) is 4.71. The Labute approximate surface area is 163 Å². The maximum Gasteiger partial charge on any atom is 0.260 e. The minimum absolute atomic E-state index is 0.163. The van der Waals surface area contributed by atoms with E-state index in [0.717, 1.165) is 27.6 Å². The number of aromatic nitrogens is 1. The molecule has 1 N–H and O–H groups in total. The minimum atomic E-state index is -0.377. The van der Waals surface area contributed by atoms with Gasteiger partial charge in [0.1, 0.15) is 0 Å². The van der Waals surface area contributed by atoms with E-state index in [1.165, 1.54) is 6.08 Å². The number of nitrogens with one attached hydrogen (secondary N) is 1. The van der Waals surface area contributed by atoms with E-state index in [1.54, 1.807) is 6.08 Å². The summed E-state index contributed by atoms with van der Waals surface area (Å²) in [4.78, 5) is 28.8. The molecule has 0 aliphatic carbocycles. The van der Waals surface area contributed by atoms with Gasteiger partial charge in [0.05, 0.1) is 5.56 Å². The number of hydrogen-bond acceptors (Lipinski definition) is 2. The maximum atomic E-state index is 13.1. The van der Waals surface area contributed by atoms with E-state index in [0.29, 0.717) is 5.56 Å². The fraction of sp³-hybridized carbons (Fsp3) is 0.0400. The van der Waals surface area contributed by atoms with Crippen LogP contribution < -0.4 is 5.56 Å². The predicted octanol–water partition coefficient (Wildman–Crippen LogP) is 5.40. The summed E-state index contributed by atoms with van der Waals surface area (Å²) in [5.74, 6) is -0.313. The van der Waals surface area contributed by atoms with Crippen molar-refractivity contribution in [3.05, 3.63) is 112 Å². The average Bonchev–Trinajstić information content (AvgIpc) is 2.73. The van der Waals surface area contributed by atoms with Crippen molar-refractivity contribution in [2.75, 3.05) is 0 Å². The van der Waals surface area contributed by atoms with Crippen LogP contribution in [0.15, 0.2) is 89.7 Å². The summed E-state index contributed by atoms with van der Waals surface area (Å²) in [6, 6.07) is 25.0. The molecule has 28 heavy (non-hydrogen) atoms. The predicted molar refractivity (Wildman–Crippen MR) is 115 cm³/mol. The summed E-state index contributed by atoms with van der Waals surface area (Å²) in [7, 11) is 0. The van der Waals surface area contributed by atoms with Crippen molar-refractivity contribution in [2.45, 2.75) is 6.92 Å². The topological polar surface area (TPSA) is 49.9 Å². The highest BCUT2D eigenvalue weighted by molar-refractivity contribution is 6.15. The first kappa shape index (κ1) is 17.7. The summed E-state index contributed by atoms with van der Waals surface area (Å²) in [5, 5.41) is 0.863. The average molecular weight is 365 g/mol. The van der Waals surface area contributed by atoms with Crippen molar-refractivity contribution >= 4 is 22.8 Å². The Balaban J connectivity index is 1.95. The lowest BCUT2D eigenvalue weighted by Gasteiger charge is -2.12. The van der Waals surface area contributed by atoms with Crippen LogP contribution in [-0.2, 0) is 0 Å². The molecular formula is C25H19NO2. The first-order chi connectivity index (χ1) is 13.6. The summed E-state index contributed by atoms with van der Waals surface area (Å²) >= 11 is 0. The van der Waals surface area contributed by atoms with Gasteiger partial charge in [0.2, 0.25) is 0 Å². The van der Waals surface area contributed by atoms with Gasteiger partial charge in [-0.1, -0.05) is 78.4 Å². The highest BCUT2D eigenvalue weighted by atomic mass is 16.1. The maximum absolute atomic E-state index is 13.1. The molecule has 1 heterocycles. The summed E-state index contributed by atoms with van der Waals surface area (Å²) in [6.07, 6.45) is 3.20. The lowest BCUT2D eigenvalue weighted by Crippen LogP contribution is -2.18. The monoisotopic (exact) mass is 365 g/mol. The van der Waals surface area contributed by atoms with Crippen LogP contribution >= 0.6 is 0 Å². The Hall–Kier alpha value is -3.72. The van der Waals surface area contributed by atoms with Crippen molar-refractivity contribution in [3.8, 4) is 11.1 Å². The summed E-state index contributed by atoms with van der Waals surface area (Å²) in [6.45, 7) is 2.00. The van der Waals surface area contributed by atoms with Crippen LogP contribution in [0.5, 0.6) is 0 Å². The van der Waals surface area contributed by atoms with Gasteiger partial charge in [0.25, 0.3) is 5.56 Å². The molecule has 0 aliphatic heterocycles. The number of pyridine rings is 1. The molecule has 3 heteroatoms. The van der Waals surface area contributed by atoms with E-state index in [4.69, 9.17) is 0 Å². The van der Waals surface area contributed by atoms with Crippen LogP contribution in [0.3, 0.4) is 0 Å². The quantitative estimate of drug-likeness (QED) is 0.389. The molecule has 0 atom stereocenters. The molecule has 0 saturated carbocycles. The van der Waals surface area contributed by atoms with Gasteiger partial charge in [0.15, 0.2) is 5.78 Å². The number of ketones is 1. The molecule has 0 unspecified atom stereocenters. The third-order valence-electron chi connectivity index (χ3n) is 4.71. The lowest BCUT2D eigenvalue weighted by molar-refractivity contribution is 0.104. The number of aryl methyl sites for hydroxylation is 1. The minimum Gasteiger partial charge on any atom is -0.321 e. The van der Waals surface area contributed by atoms with Crippen molar-refractivity contribution < 1.29 is 4.79 Å². The number of H-pyrrole nitrogens is 1. The molecular weight excluding hydrogens is 346 g/mol. The first-order valence-corrected chi connectivity index (χ1v) is 9.13. The number of carbonyl (C=O) groups excluding carboxylic acids is 1. The van der Waals surface area contributed by atoms with E-state index >= 15 is 0 Å². The lowest BCUT2D eigenvalue weighted by atomic mass is 9.93. The smallest absolute Gasteiger partial charge is 0.260 e. The number of rotatable bonds is 4. The molecule has 1 aromatic heterocycles. The van der Waals surface area contributed by atoms with Gasteiger partial charge in [-0.3, -0.25) is 9.59 Å². The molecule has 0 bridgehead atoms. The van der Waals surface area contributed by atoms with Gasteiger partial charge >= 0.3 is 0 Å². The fourth-order valence-corrected chi connectivity index (χ4v) is 3.37. The Kier molecular flexibility index (Phi) is 4.73. The van der Waals surface area contributed by atoms with Crippen LogP contribution in [0.4, 0.5) is 0 Å². The number of aromatic amines is 1. The third kappa shape index (κ3) is 3.42. The molecule has 3 nitrogen and oxygen atoms in total. The number of benzene rings is 3. The zero-order valence-corrected chi connectivity index (χ0v) is 15.5. The van der Waals surface area contributed by atoms with Gasteiger partial charge in [-0.2, -0.15) is 0 Å². The highest BCUT2D eigenvalue weighted by Crippen LogP contribution is 2.30. The Bertz CT molecular complexity index is 1240. The standard InChI is InChI=1S/C25H19NO2/c1-17-12-14-21-20(16-17)23(19-10-6-3-7-11-19)24(25(28)26-21)22(27)15-13-18-8-4-2-5-9-18/h2-16H,1H3,(H,26,28)/b15-13+. The molecule has 0 saturated heterocycles. The second kappa shape index (κ2) is 7.49. The zero-order valence-electron chi connectivity index (χ0n) is 15.5. The summed E-state index contributed by atoms with van der Waals surface area (Å²) < 4.78 is 0. The molecule has 4 rings (SSSR count). The van der Waals surface area contributed by atoms with Crippen molar-refractivity contribution in [2.24, 2.45) is 0 Å². The van der Waals surface area contributed by atoms with Crippen LogP contribution in [0.2, 0.25) is 0 Å². The van der Waals surface area contributed by atoms with Crippen molar-refractivity contribution in [1.82, 2.24) is 4.98 Å². The van der Waals surface area contributed by atoms with E-state index in [2.05, 4.69) is 4.98 Å². The van der Waals surface area contributed by atoms with E-state index in [-0.39, 0.29) is 16.9 Å². The first-order valence-electron chi connectivity index (χ1n) is 9.13. The van der Waals surface area contributed by atoms with Crippen molar-refractivity contribution in [3.63, 3.8) is 0 Å². The molecule has 0 spiro atoms. The molecule has 0 fully saturated rings. The molecule has 0 radical (unpaired) electrons. The normalized spacial score (nSPS) is 11.2. The van der Waals surface area contributed by atoms with Crippen molar-refractivity contribution in [1.29, 1.82) is 0 Å². The van der Waals surface area contributed by atoms with Gasteiger partial charge in [-0.15, -0.1) is 0 Å². The van der Waals surface area contributed by atoms with Crippen LogP contribution in [0.1, 0.15) is 21.5 Å². The zero-order chi connectivity index (χ0) is 19.5. The second-order valence-corrected chi connectivity index (χ2v) is 6.73. The number of carbonyl (C=O) groups is 1. The highest BCUT2D eigenvalue weighted by Gasteiger charge is 2.19. The Morgan fingerprint density at radius 3 is 2.29 bits per heavy atom. The number of hydrogen-bond donors (Lipinski definition) is 1. The Morgan fingerprint density at radius 1 is 0.893 bits per heavy atom. The second-order valence-electron chi connectivity index (χ2n) is 6.73. The van der Waals surface area contributed by atoms with Gasteiger partial charge in [0, 0.05) is 16.5 Å². The molecule has 4 aromatic rings. The van der Waals surface area contributed by atoms with E-state index in [1.807, 2.05) is 85.8 Å².